The van der Waals surface area contributed by atoms with Crippen molar-refractivity contribution in [1.82, 2.24) is 20.4 Å². The van der Waals surface area contributed by atoms with E-state index in [0.717, 1.165) is 12.0 Å². The standard InChI is InChI=1S/C12H16N4O/c1-12(2,13-3)8-10-15-11(17-16-10)9-4-6-14-7-5-9/h4-7,13H,8H2,1-3H3. The van der Waals surface area contributed by atoms with Gasteiger partial charge in [-0.05, 0) is 33.0 Å². The molecule has 5 heteroatoms. The van der Waals surface area contributed by atoms with Crippen molar-refractivity contribution in [2.24, 2.45) is 0 Å². The Morgan fingerprint density at radius 3 is 2.65 bits per heavy atom. The van der Waals surface area contributed by atoms with Crippen LogP contribution in [0, 0.1) is 0 Å². The number of nitrogens with one attached hydrogen (secondary N) is 1. The summed E-state index contributed by atoms with van der Waals surface area (Å²) in [5, 5.41) is 7.19. The van der Waals surface area contributed by atoms with Crippen LogP contribution in [0.2, 0.25) is 0 Å². The molecule has 1 N–H and O–H groups in total. The molecular formula is C12H16N4O. The molecule has 90 valence electrons. The zero-order valence-electron chi connectivity index (χ0n) is 10.3. The van der Waals surface area contributed by atoms with E-state index in [1.54, 1.807) is 12.4 Å². The summed E-state index contributed by atoms with van der Waals surface area (Å²) < 4.78 is 5.22. The van der Waals surface area contributed by atoms with Crippen molar-refractivity contribution in [2.45, 2.75) is 25.8 Å². The smallest absolute Gasteiger partial charge is 0.258 e. The highest BCUT2D eigenvalue weighted by Gasteiger charge is 2.19. The molecule has 5 nitrogen and oxygen atoms in total. The topological polar surface area (TPSA) is 63.8 Å². The summed E-state index contributed by atoms with van der Waals surface area (Å²) in [5.41, 5.74) is 0.848. The number of aromatic nitrogens is 3. The second kappa shape index (κ2) is 4.63. The Kier molecular flexibility index (Phi) is 3.19. The maximum Gasteiger partial charge on any atom is 0.258 e. The van der Waals surface area contributed by atoms with E-state index in [9.17, 15) is 0 Å². The third-order valence-electron chi connectivity index (χ3n) is 2.67. The lowest BCUT2D eigenvalue weighted by molar-refractivity contribution is 0.384. The third-order valence-corrected chi connectivity index (χ3v) is 2.67. The Labute approximate surface area is 100 Å². The number of pyridine rings is 1. The molecule has 0 aliphatic carbocycles. The Hall–Kier alpha value is -1.75. The first-order chi connectivity index (χ1) is 8.11. The highest BCUT2D eigenvalue weighted by atomic mass is 16.5. The summed E-state index contributed by atoms with van der Waals surface area (Å²) in [7, 11) is 1.92. The number of hydrogen-bond donors (Lipinski definition) is 1. The van der Waals surface area contributed by atoms with Crippen LogP contribution in [0.1, 0.15) is 19.7 Å². The van der Waals surface area contributed by atoms with Crippen LogP contribution in [-0.2, 0) is 6.42 Å². The molecule has 0 saturated heterocycles. The van der Waals surface area contributed by atoms with Crippen molar-refractivity contribution in [2.75, 3.05) is 7.05 Å². The molecule has 0 atom stereocenters. The van der Waals surface area contributed by atoms with Crippen LogP contribution in [-0.4, -0.2) is 27.7 Å². The molecule has 0 aliphatic rings. The fourth-order valence-electron chi connectivity index (χ4n) is 1.42. The van der Waals surface area contributed by atoms with Crippen LogP contribution in [0.15, 0.2) is 29.0 Å². The molecule has 2 rings (SSSR count). The molecule has 0 radical (unpaired) electrons. The summed E-state index contributed by atoms with van der Waals surface area (Å²) in [6.45, 7) is 4.19. The van der Waals surface area contributed by atoms with Gasteiger partial charge in [-0.1, -0.05) is 5.16 Å². The molecule has 2 heterocycles. The third kappa shape index (κ3) is 2.88. The largest absolute Gasteiger partial charge is 0.334 e. The lowest BCUT2D eigenvalue weighted by Crippen LogP contribution is -2.38. The van der Waals surface area contributed by atoms with Crippen LogP contribution in [0.3, 0.4) is 0 Å². The van der Waals surface area contributed by atoms with Crippen molar-refractivity contribution < 1.29 is 4.52 Å². The lowest BCUT2D eigenvalue weighted by Gasteiger charge is -2.21. The fraction of sp³-hybridized carbons (Fsp3) is 0.417. The fourth-order valence-corrected chi connectivity index (χ4v) is 1.42. The van der Waals surface area contributed by atoms with Gasteiger partial charge in [-0.2, -0.15) is 4.98 Å². The Morgan fingerprint density at radius 1 is 1.29 bits per heavy atom. The maximum absolute atomic E-state index is 5.22. The first-order valence-corrected chi connectivity index (χ1v) is 5.53. The van der Waals surface area contributed by atoms with Crippen LogP contribution >= 0.6 is 0 Å². The van der Waals surface area contributed by atoms with E-state index in [1.807, 2.05) is 19.2 Å². The minimum atomic E-state index is -0.0423. The second-order valence-corrected chi connectivity index (χ2v) is 4.56. The Bertz CT molecular complexity index is 478. The first-order valence-electron chi connectivity index (χ1n) is 5.53. The molecular weight excluding hydrogens is 216 g/mol. The molecule has 0 aliphatic heterocycles. The van der Waals surface area contributed by atoms with Gasteiger partial charge in [0.05, 0.1) is 0 Å². The highest BCUT2D eigenvalue weighted by Crippen LogP contribution is 2.17. The second-order valence-electron chi connectivity index (χ2n) is 4.56. The average Bonchev–Trinajstić information content (AvgIpc) is 2.78. The number of likely N-dealkylation sites (N-methyl/N-ethyl adjacent to an activating group) is 1. The number of hydrogen-bond acceptors (Lipinski definition) is 5. The normalized spacial score (nSPS) is 11.7. The molecule has 0 fully saturated rings. The zero-order chi connectivity index (χ0) is 12.3. The predicted molar refractivity (Wildman–Crippen MR) is 64.4 cm³/mol. The molecule has 0 amide bonds. The van der Waals surface area contributed by atoms with Crippen LogP contribution in [0.4, 0.5) is 0 Å². The van der Waals surface area contributed by atoms with Gasteiger partial charge in [-0.25, -0.2) is 0 Å². The Balaban J connectivity index is 2.17. The molecule has 0 bridgehead atoms. The quantitative estimate of drug-likeness (QED) is 0.868. The Morgan fingerprint density at radius 2 is 2.00 bits per heavy atom. The molecule has 2 aromatic heterocycles. The summed E-state index contributed by atoms with van der Waals surface area (Å²) >= 11 is 0. The number of rotatable bonds is 4. The van der Waals surface area contributed by atoms with E-state index < -0.39 is 0 Å². The summed E-state index contributed by atoms with van der Waals surface area (Å²) in [6, 6.07) is 3.70. The van der Waals surface area contributed by atoms with Crippen molar-refractivity contribution in [3.8, 4) is 11.5 Å². The van der Waals surface area contributed by atoms with Crippen molar-refractivity contribution in [1.29, 1.82) is 0 Å². The first kappa shape index (κ1) is 11.7. The predicted octanol–water partition coefficient (Wildman–Crippen LogP) is 1.67. The molecule has 0 unspecified atom stereocenters. The number of nitrogens with zero attached hydrogens (tertiary/aromatic N) is 3. The minimum Gasteiger partial charge on any atom is -0.334 e. The van der Waals surface area contributed by atoms with Crippen LogP contribution < -0.4 is 5.32 Å². The molecule has 17 heavy (non-hydrogen) atoms. The van der Waals surface area contributed by atoms with Gasteiger partial charge in [-0.3, -0.25) is 4.98 Å². The van der Waals surface area contributed by atoms with Gasteiger partial charge < -0.3 is 9.84 Å². The van der Waals surface area contributed by atoms with Crippen molar-refractivity contribution in [3.63, 3.8) is 0 Å². The zero-order valence-corrected chi connectivity index (χ0v) is 10.3. The van der Waals surface area contributed by atoms with Gasteiger partial charge in [0, 0.05) is 29.9 Å². The minimum absolute atomic E-state index is 0.0423. The van der Waals surface area contributed by atoms with Crippen LogP contribution in [0.25, 0.3) is 11.5 Å². The van der Waals surface area contributed by atoms with Gasteiger partial charge in [0.2, 0.25) is 0 Å². The summed E-state index contributed by atoms with van der Waals surface area (Å²) in [6.07, 6.45) is 4.13. The molecule has 0 saturated carbocycles. The van der Waals surface area contributed by atoms with Gasteiger partial charge >= 0.3 is 0 Å². The molecule has 2 aromatic rings. The van der Waals surface area contributed by atoms with E-state index in [-0.39, 0.29) is 5.54 Å². The average molecular weight is 232 g/mol. The highest BCUT2D eigenvalue weighted by molar-refractivity contribution is 5.50. The van der Waals surface area contributed by atoms with Gasteiger partial charge in [0.25, 0.3) is 5.89 Å². The lowest BCUT2D eigenvalue weighted by atomic mass is 10.0. The molecule has 0 spiro atoms. The van der Waals surface area contributed by atoms with E-state index in [4.69, 9.17) is 4.52 Å². The van der Waals surface area contributed by atoms with E-state index >= 15 is 0 Å². The SMILES string of the molecule is CNC(C)(C)Cc1noc(-c2ccncc2)n1. The van der Waals surface area contributed by atoms with Crippen LogP contribution in [0.5, 0.6) is 0 Å². The summed E-state index contributed by atoms with van der Waals surface area (Å²) in [5.74, 6) is 1.24. The van der Waals surface area contributed by atoms with Crippen molar-refractivity contribution in [3.05, 3.63) is 30.4 Å². The summed E-state index contributed by atoms with van der Waals surface area (Å²) in [4.78, 5) is 8.32. The van der Waals surface area contributed by atoms with Gasteiger partial charge in [0.1, 0.15) is 0 Å². The van der Waals surface area contributed by atoms with E-state index in [0.29, 0.717) is 11.7 Å². The van der Waals surface area contributed by atoms with Gasteiger partial charge in [-0.15, -0.1) is 0 Å². The van der Waals surface area contributed by atoms with Gasteiger partial charge in [0.15, 0.2) is 5.82 Å². The van der Waals surface area contributed by atoms with Crippen molar-refractivity contribution >= 4 is 0 Å². The van der Waals surface area contributed by atoms with E-state index in [1.165, 1.54) is 0 Å². The maximum atomic E-state index is 5.22. The van der Waals surface area contributed by atoms with E-state index in [2.05, 4.69) is 34.3 Å². The monoisotopic (exact) mass is 232 g/mol. The molecule has 0 aromatic carbocycles.